The summed E-state index contributed by atoms with van der Waals surface area (Å²) in [5.74, 6) is 0.851. The van der Waals surface area contributed by atoms with Crippen LogP contribution in [0, 0.1) is 11.7 Å². The van der Waals surface area contributed by atoms with Crippen LogP contribution < -0.4 is 5.32 Å². The fourth-order valence-electron chi connectivity index (χ4n) is 3.00. The first-order valence-corrected chi connectivity index (χ1v) is 7.93. The highest BCUT2D eigenvalue weighted by Gasteiger charge is 2.33. The van der Waals surface area contributed by atoms with Crippen molar-refractivity contribution in [1.29, 1.82) is 0 Å². The van der Waals surface area contributed by atoms with Gasteiger partial charge in [0.15, 0.2) is 0 Å². The Bertz CT molecular complexity index is 440. The molecule has 0 spiro atoms. The number of rotatable bonds is 8. The third-order valence-electron chi connectivity index (χ3n) is 4.59. The minimum Gasteiger partial charge on any atom is -0.313 e. The highest BCUT2D eigenvalue weighted by Crippen LogP contribution is 2.35. The van der Waals surface area contributed by atoms with Crippen molar-refractivity contribution in [2.75, 3.05) is 20.1 Å². The number of halogens is 1. The first kappa shape index (κ1) is 14.0. The monoisotopic (exact) mass is 276 g/mol. The summed E-state index contributed by atoms with van der Waals surface area (Å²) in [4.78, 5) is 2.64. The van der Waals surface area contributed by atoms with E-state index in [-0.39, 0.29) is 11.9 Å². The van der Waals surface area contributed by atoms with Gasteiger partial charge >= 0.3 is 0 Å². The molecule has 0 amide bonds. The molecule has 0 radical (unpaired) electrons. The first-order valence-electron chi connectivity index (χ1n) is 7.93. The molecule has 2 saturated carbocycles. The zero-order valence-electron chi connectivity index (χ0n) is 12.3. The van der Waals surface area contributed by atoms with Gasteiger partial charge in [0.25, 0.3) is 0 Å². The third-order valence-corrected chi connectivity index (χ3v) is 4.59. The van der Waals surface area contributed by atoms with E-state index in [4.69, 9.17) is 0 Å². The summed E-state index contributed by atoms with van der Waals surface area (Å²) in [7, 11) is 1.93. The molecule has 0 heterocycles. The van der Waals surface area contributed by atoms with Crippen LogP contribution in [-0.2, 0) is 0 Å². The molecule has 2 aliphatic carbocycles. The number of hydrogen-bond donors (Lipinski definition) is 1. The van der Waals surface area contributed by atoms with E-state index in [1.54, 1.807) is 12.1 Å². The van der Waals surface area contributed by atoms with Gasteiger partial charge in [-0.25, -0.2) is 4.39 Å². The number of benzene rings is 1. The zero-order valence-corrected chi connectivity index (χ0v) is 12.3. The largest absolute Gasteiger partial charge is 0.313 e. The molecule has 1 atom stereocenters. The Labute approximate surface area is 121 Å². The van der Waals surface area contributed by atoms with Gasteiger partial charge in [0.2, 0.25) is 0 Å². The van der Waals surface area contributed by atoms with Crippen LogP contribution in [-0.4, -0.2) is 31.1 Å². The van der Waals surface area contributed by atoms with Crippen LogP contribution in [0.5, 0.6) is 0 Å². The minimum atomic E-state index is -0.0907. The Morgan fingerprint density at radius 2 is 2.00 bits per heavy atom. The summed E-state index contributed by atoms with van der Waals surface area (Å²) in [5.41, 5.74) is 0.803. The molecule has 0 saturated heterocycles. The van der Waals surface area contributed by atoms with E-state index in [1.807, 2.05) is 19.2 Å². The molecule has 1 N–H and O–H groups in total. The van der Waals surface area contributed by atoms with Crippen molar-refractivity contribution in [3.63, 3.8) is 0 Å². The lowest BCUT2D eigenvalue weighted by atomic mass is 10.0. The molecule has 2 aliphatic rings. The van der Waals surface area contributed by atoms with Gasteiger partial charge in [-0.3, -0.25) is 0 Å². The molecular formula is C17H25FN2. The Morgan fingerprint density at radius 3 is 2.60 bits per heavy atom. The first-order chi connectivity index (χ1) is 9.78. The Morgan fingerprint density at radius 1 is 1.25 bits per heavy atom. The van der Waals surface area contributed by atoms with Crippen LogP contribution in [0.1, 0.15) is 43.7 Å². The summed E-state index contributed by atoms with van der Waals surface area (Å²) in [6.07, 6.45) is 6.52. The minimum absolute atomic E-state index is 0.0907. The number of nitrogens with zero attached hydrogens (tertiary/aromatic N) is 1. The van der Waals surface area contributed by atoms with Crippen LogP contribution >= 0.6 is 0 Å². The number of hydrogen-bond acceptors (Lipinski definition) is 2. The molecule has 0 aliphatic heterocycles. The van der Waals surface area contributed by atoms with Crippen molar-refractivity contribution >= 4 is 0 Å². The molecule has 0 bridgehead atoms. The lowest BCUT2D eigenvalue weighted by molar-refractivity contribution is 0.238. The molecule has 20 heavy (non-hydrogen) atoms. The molecule has 1 aromatic rings. The second kappa shape index (κ2) is 6.23. The summed E-state index contributed by atoms with van der Waals surface area (Å²) < 4.78 is 13.9. The van der Waals surface area contributed by atoms with Gasteiger partial charge in [0.1, 0.15) is 5.82 Å². The van der Waals surface area contributed by atoms with Crippen molar-refractivity contribution in [1.82, 2.24) is 10.2 Å². The quantitative estimate of drug-likeness (QED) is 0.783. The van der Waals surface area contributed by atoms with Gasteiger partial charge in [0, 0.05) is 30.7 Å². The van der Waals surface area contributed by atoms with Crippen LogP contribution in [0.3, 0.4) is 0 Å². The van der Waals surface area contributed by atoms with Gasteiger partial charge in [-0.05, 0) is 51.1 Å². The predicted octanol–water partition coefficient (Wildman–Crippen LogP) is 3.35. The van der Waals surface area contributed by atoms with Crippen molar-refractivity contribution in [2.24, 2.45) is 5.92 Å². The summed E-state index contributed by atoms with van der Waals surface area (Å²) in [5, 5.41) is 3.28. The maximum Gasteiger partial charge on any atom is 0.127 e. The van der Waals surface area contributed by atoms with Crippen molar-refractivity contribution < 1.29 is 4.39 Å². The van der Waals surface area contributed by atoms with Crippen LogP contribution in [0.4, 0.5) is 4.39 Å². The fraction of sp³-hybridized carbons (Fsp3) is 0.647. The van der Waals surface area contributed by atoms with E-state index in [0.29, 0.717) is 0 Å². The molecule has 2 fully saturated rings. The Balaban J connectivity index is 1.58. The predicted molar refractivity (Wildman–Crippen MR) is 80.1 cm³/mol. The van der Waals surface area contributed by atoms with Crippen molar-refractivity contribution in [2.45, 2.75) is 44.2 Å². The average Bonchev–Trinajstić information content (AvgIpc) is 3.33. The van der Waals surface area contributed by atoms with Crippen molar-refractivity contribution in [3.8, 4) is 0 Å². The lowest BCUT2D eigenvalue weighted by Crippen LogP contribution is -2.32. The molecule has 110 valence electrons. The number of nitrogens with one attached hydrogen (secondary N) is 1. The standard InChI is InChI=1S/C17H25FN2/c1-19-17(15-4-2-3-5-16(15)18)10-11-20(14-8-9-14)12-13-6-7-13/h2-5,13-14,17,19H,6-12H2,1H3. The SMILES string of the molecule is CNC(CCN(CC1CC1)C1CC1)c1ccccc1F. The normalized spacial score (nSPS) is 20.4. The van der Waals surface area contributed by atoms with Crippen LogP contribution in [0.15, 0.2) is 24.3 Å². The van der Waals surface area contributed by atoms with Gasteiger partial charge < -0.3 is 10.2 Å². The van der Waals surface area contributed by atoms with E-state index < -0.39 is 0 Å². The smallest absolute Gasteiger partial charge is 0.127 e. The fourth-order valence-corrected chi connectivity index (χ4v) is 3.00. The Kier molecular flexibility index (Phi) is 4.37. The van der Waals surface area contributed by atoms with Crippen molar-refractivity contribution in [3.05, 3.63) is 35.6 Å². The lowest BCUT2D eigenvalue weighted by Gasteiger charge is -2.25. The van der Waals surface area contributed by atoms with Gasteiger partial charge in [-0.15, -0.1) is 0 Å². The highest BCUT2D eigenvalue weighted by molar-refractivity contribution is 5.21. The molecule has 0 aromatic heterocycles. The molecule has 3 rings (SSSR count). The maximum atomic E-state index is 13.9. The molecule has 1 aromatic carbocycles. The Hall–Kier alpha value is -0.930. The second-order valence-electron chi connectivity index (χ2n) is 6.32. The summed E-state index contributed by atoms with van der Waals surface area (Å²) in [6, 6.07) is 8.08. The summed E-state index contributed by atoms with van der Waals surface area (Å²) >= 11 is 0. The van der Waals surface area contributed by atoms with E-state index in [2.05, 4.69) is 10.2 Å². The summed E-state index contributed by atoms with van der Waals surface area (Å²) in [6.45, 7) is 2.35. The zero-order chi connectivity index (χ0) is 13.9. The molecular weight excluding hydrogens is 251 g/mol. The molecule has 2 nitrogen and oxygen atoms in total. The van der Waals surface area contributed by atoms with Crippen LogP contribution in [0.2, 0.25) is 0 Å². The third kappa shape index (κ3) is 3.58. The van der Waals surface area contributed by atoms with E-state index in [1.165, 1.54) is 32.2 Å². The molecule has 3 heteroatoms. The highest BCUT2D eigenvalue weighted by atomic mass is 19.1. The maximum absolute atomic E-state index is 13.9. The average molecular weight is 276 g/mol. The van der Waals surface area contributed by atoms with Gasteiger partial charge in [-0.2, -0.15) is 0 Å². The topological polar surface area (TPSA) is 15.3 Å². The van der Waals surface area contributed by atoms with Crippen LogP contribution in [0.25, 0.3) is 0 Å². The second-order valence-corrected chi connectivity index (χ2v) is 6.32. The van der Waals surface area contributed by atoms with E-state index in [9.17, 15) is 4.39 Å². The van der Waals surface area contributed by atoms with Gasteiger partial charge in [-0.1, -0.05) is 18.2 Å². The van der Waals surface area contributed by atoms with E-state index >= 15 is 0 Å². The van der Waals surface area contributed by atoms with E-state index in [0.717, 1.165) is 30.5 Å². The molecule has 1 unspecified atom stereocenters. The van der Waals surface area contributed by atoms with Gasteiger partial charge in [0.05, 0.1) is 0 Å².